The highest BCUT2D eigenvalue weighted by Crippen LogP contribution is 2.20. The van der Waals surface area contributed by atoms with Crippen molar-refractivity contribution in [3.63, 3.8) is 0 Å². The number of hydrogen-bond acceptors (Lipinski definition) is 3. The first kappa shape index (κ1) is 17.4. The van der Waals surface area contributed by atoms with Gasteiger partial charge in [0.15, 0.2) is 0 Å². The maximum Gasteiger partial charge on any atom is 0.253 e. The van der Waals surface area contributed by atoms with Crippen molar-refractivity contribution >= 4 is 28.1 Å². The second-order valence-electron chi connectivity index (χ2n) is 6.35. The number of carbonyl (C=O) groups excluding carboxylic acids is 1. The van der Waals surface area contributed by atoms with Crippen LogP contribution in [0.2, 0.25) is 0 Å². The topological polar surface area (TPSA) is 53.2 Å². The maximum atomic E-state index is 12.5. The molecule has 0 unspecified atom stereocenters. The lowest BCUT2D eigenvalue weighted by Gasteiger charge is -2.21. The van der Waals surface area contributed by atoms with E-state index in [9.17, 15) is 9.59 Å². The van der Waals surface area contributed by atoms with Gasteiger partial charge < -0.3 is 9.88 Å². The standard InChI is InChI=1S/C20H22N2O2S/c1-4-18(23)22(12-17-6-5-7-25-17)11-16-10-15-9-13(2)8-14(3)19(15)21-20(16)24/h5-10H,4,11-12H2,1-3H3,(H,21,24). The van der Waals surface area contributed by atoms with Crippen molar-refractivity contribution in [1.82, 2.24) is 9.88 Å². The van der Waals surface area contributed by atoms with Crippen LogP contribution in [0.4, 0.5) is 0 Å². The molecule has 0 saturated carbocycles. The van der Waals surface area contributed by atoms with Gasteiger partial charge in [0.2, 0.25) is 5.91 Å². The summed E-state index contributed by atoms with van der Waals surface area (Å²) < 4.78 is 0. The SMILES string of the molecule is CCC(=O)N(Cc1cccs1)Cc1cc2cc(C)cc(C)c2[nH]c1=O. The molecule has 3 aromatic rings. The summed E-state index contributed by atoms with van der Waals surface area (Å²) in [6.07, 6.45) is 0.426. The Kier molecular flexibility index (Phi) is 5.04. The molecule has 0 aliphatic carbocycles. The van der Waals surface area contributed by atoms with Gasteiger partial charge in [-0.25, -0.2) is 0 Å². The third-order valence-corrected chi connectivity index (χ3v) is 5.17. The second kappa shape index (κ2) is 7.23. The molecule has 4 nitrogen and oxygen atoms in total. The Hall–Kier alpha value is -2.40. The average molecular weight is 354 g/mol. The number of rotatable bonds is 5. The fraction of sp³-hybridized carbons (Fsp3) is 0.300. The van der Waals surface area contributed by atoms with Gasteiger partial charge in [0.05, 0.1) is 18.6 Å². The van der Waals surface area contributed by atoms with Gasteiger partial charge in [0.1, 0.15) is 0 Å². The van der Waals surface area contributed by atoms with Crippen LogP contribution in [0.1, 0.15) is 34.9 Å². The van der Waals surface area contributed by atoms with Crippen molar-refractivity contribution in [2.45, 2.75) is 40.3 Å². The molecule has 0 aliphatic heterocycles. The molecule has 1 aromatic carbocycles. The van der Waals surface area contributed by atoms with Crippen LogP contribution in [0.5, 0.6) is 0 Å². The van der Waals surface area contributed by atoms with E-state index in [1.165, 1.54) is 0 Å². The summed E-state index contributed by atoms with van der Waals surface area (Å²) in [6, 6.07) is 10.0. The Bertz CT molecular complexity index is 958. The second-order valence-corrected chi connectivity index (χ2v) is 7.38. The first-order chi connectivity index (χ1) is 12.0. The van der Waals surface area contributed by atoms with Crippen LogP contribution < -0.4 is 5.56 Å². The monoisotopic (exact) mass is 354 g/mol. The van der Waals surface area contributed by atoms with Gasteiger partial charge in [-0.3, -0.25) is 9.59 Å². The molecule has 0 spiro atoms. The number of nitrogens with zero attached hydrogens (tertiary/aromatic N) is 1. The molecule has 1 N–H and O–H groups in total. The van der Waals surface area contributed by atoms with Crippen molar-refractivity contribution in [3.05, 3.63) is 67.6 Å². The smallest absolute Gasteiger partial charge is 0.253 e. The first-order valence-electron chi connectivity index (χ1n) is 8.41. The van der Waals surface area contributed by atoms with E-state index < -0.39 is 0 Å². The fourth-order valence-corrected chi connectivity index (χ4v) is 3.82. The predicted octanol–water partition coefficient (Wildman–Crippen LogP) is 4.15. The molecule has 1 amide bonds. The molecule has 5 heteroatoms. The number of hydrogen-bond donors (Lipinski definition) is 1. The predicted molar refractivity (Wildman–Crippen MR) is 103 cm³/mol. The molecule has 0 aliphatic rings. The van der Waals surface area contributed by atoms with E-state index in [4.69, 9.17) is 0 Å². The number of amides is 1. The third-order valence-electron chi connectivity index (χ3n) is 4.31. The van der Waals surface area contributed by atoms with E-state index in [1.54, 1.807) is 16.2 Å². The fourth-order valence-electron chi connectivity index (χ4n) is 3.10. The summed E-state index contributed by atoms with van der Waals surface area (Å²) in [4.78, 5) is 30.7. The zero-order valence-corrected chi connectivity index (χ0v) is 15.6. The van der Waals surface area contributed by atoms with Crippen LogP contribution in [0.15, 0.2) is 40.5 Å². The Labute approximate surface area is 151 Å². The molecule has 3 rings (SSSR count). The minimum Gasteiger partial charge on any atom is -0.333 e. The number of benzene rings is 1. The van der Waals surface area contributed by atoms with E-state index in [0.717, 1.165) is 26.9 Å². The third kappa shape index (κ3) is 3.82. The lowest BCUT2D eigenvalue weighted by Crippen LogP contribution is -2.31. The average Bonchev–Trinajstić information content (AvgIpc) is 3.08. The summed E-state index contributed by atoms with van der Waals surface area (Å²) in [5.41, 5.74) is 3.57. The van der Waals surface area contributed by atoms with Crippen LogP contribution in [-0.2, 0) is 17.9 Å². The van der Waals surface area contributed by atoms with Crippen molar-refractivity contribution in [2.24, 2.45) is 0 Å². The molecular formula is C20H22N2O2S. The van der Waals surface area contributed by atoms with Gasteiger partial charge in [0, 0.05) is 16.9 Å². The summed E-state index contributed by atoms with van der Waals surface area (Å²) in [5.74, 6) is 0.0494. The van der Waals surface area contributed by atoms with Gasteiger partial charge >= 0.3 is 0 Å². The molecular weight excluding hydrogens is 332 g/mol. The molecule has 0 radical (unpaired) electrons. The number of aromatic nitrogens is 1. The first-order valence-corrected chi connectivity index (χ1v) is 9.29. The van der Waals surface area contributed by atoms with Crippen LogP contribution in [0, 0.1) is 13.8 Å². The summed E-state index contributed by atoms with van der Waals surface area (Å²) >= 11 is 1.62. The van der Waals surface area contributed by atoms with E-state index in [0.29, 0.717) is 25.1 Å². The molecule has 2 heterocycles. The van der Waals surface area contributed by atoms with Gasteiger partial charge in [-0.05, 0) is 48.4 Å². The Morgan fingerprint density at radius 3 is 2.68 bits per heavy atom. The number of nitrogens with one attached hydrogen (secondary N) is 1. The van der Waals surface area contributed by atoms with Crippen LogP contribution in [-0.4, -0.2) is 15.8 Å². The molecule has 2 aromatic heterocycles. The van der Waals surface area contributed by atoms with Crippen molar-refractivity contribution < 1.29 is 4.79 Å². The number of aromatic amines is 1. The molecule has 0 atom stereocenters. The molecule has 130 valence electrons. The Morgan fingerprint density at radius 1 is 1.20 bits per heavy atom. The quantitative estimate of drug-likeness (QED) is 0.748. The molecule has 0 bridgehead atoms. The summed E-state index contributed by atoms with van der Waals surface area (Å²) in [5, 5.41) is 3.00. The number of carbonyl (C=O) groups is 1. The van der Waals surface area contributed by atoms with Gasteiger partial charge in [-0.15, -0.1) is 11.3 Å². The summed E-state index contributed by atoms with van der Waals surface area (Å²) in [7, 11) is 0. The maximum absolute atomic E-state index is 12.5. The van der Waals surface area contributed by atoms with Crippen molar-refractivity contribution in [2.75, 3.05) is 0 Å². The van der Waals surface area contributed by atoms with Crippen LogP contribution in [0.3, 0.4) is 0 Å². The van der Waals surface area contributed by atoms with E-state index >= 15 is 0 Å². The van der Waals surface area contributed by atoms with Gasteiger partial charge in [-0.2, -0.15) is 0 Å². The molecule has 0 saturated heterocycles. The number of fused-ring (bicyclic) bond motifs is 1. The van der Waals surface area contributed by atoms with Gasteiger partial charge in [-0.1, -0.05) is 24.6 Å². The highest BCUT2D eigenvalue weighted by atomic mass is 32.1. The normalized spacial score (nSPS) is 11.0. The Balaban J connectivity index is 1.97. The molecule has 0 fully saturated rings. The lowest BCUT2D eigenvalue weighted by molar-refractivity contribution is -0.132. The number of thiophene rings is 1. The van der Waals surface area contributed by atoms with E-state index in [-0.39, 0.29) is 11.5 Å². The highest BCUT2D eigenvalue weighted by Gasteiger charge is 2.16. The number of H-pyrrole nitrogens is 1. The highest BCUT2D eigenvalue weighted by molar-refractivity contribution is 7.09. The Morgan fingerprint density at radius 2 is 2.00 bits per heavy atom. The van der Waals surface area contributed by atoms with E-state index in [2.05, 4.69) is 17.1 Å². The van der Waals surface area contributed by atoms with Gasteiger partial charge in [0.25, 0.3) is 5.56 Å². The minimum atomic E-state index is -0.125. The largest absolute Gasteiger partial charge is 0.333 e. The van der Waals surface area contributed by atoms with Crippen LogP contribution >= 0.6 is 11.3 Å². The van der Waals surface area contributed by atoms with Crippen LogP contribution in [0.25, 0.3) is 10.9 Å². The summed E-state index contributed by atoms with van der Waals surface area (Å²) in [6.45, 7) is 6.74. The minimum absolute atomic E-state index is 0.0494. The zero-order chi connectivity index (χ0) is 18.0. The number of aryl methyl sites for hydroxylation is 2. The van der Waals surface area contributed by atoms with Crippen molar-refractivity contribution in [1.29, 1.82) is 0 Å². The van der Waals surface area contributed by atoms with Crippen molar-refractivity contribution in [3.8, 4) is 0 Å². The molecule has 25 heavy (non-hydrogen) atoms. The van der Waals surface area contributed by atoms with E-state index in [1.807, 2.05) is 44.4 Å². The number of pyridine rings is 1. The zero-order valence-electron chi connectivity index (χ0n) is 14.8. The lowest BCUT2D eigenvalue weighted by atomic mass is 10.1.